The molecule has 0 fully saturated rings. The van der Waals surface area contributed by atoms with E-state index in [1.54, 1.807) is 14.0 Å². The molecule has 0 saturated heterocycles. The third-order valence-electron chi connectivity index (χ3n) is 2.41. The Labute approximate surface area is 96.1 Å². The van der Waals surface area contributed by atoms with Gasteiger partial charge in [-0.1, -0.05) is 0 Å². The van der Waals surface area contributed by atoms with Gasteiger partial charge in [-0.05, 0) is 19.1 Å². The van der Waals surface area contributed by atoms with Crippen molar-refractivity contribution >= 4 is 5.69 Å². The van der Waals surface area contributed by atoms with E-state index in [1.807, 2.05) is 0 Å². The van der Waals surface area contributed by atoms with E-state index in [-0.39, 0.29) is 11.4 Å². The van der Waals surface area contributed by atoms with Crippen LogP contribution >= 0.6 is 0 Å². The lowest BCUT2D eigenvalue weighted by atomic mass is 10.3. The van der Waals surface area contributed by atoms with Crippen molar-refractivity contribution in [2.45, 2.75) is 6.92 Å². The van der Waals surface area contributed by atoms with Crippen molar-refractivity contribution in [2.24, 2.45) is 7.05 Å². The van der Waals surface area contributed by atoms with E-state index < -0.39 is 4.92 Å². The molecule has 0 atom stereocenters. The Bertz CT molecular complexity index is 624. The molecule has 7 heteroatoms. The Morgan fingerprint density at radius 1 is 1.29 bits per heavy atom. The van der Waals surface area contributed by atoms with E-state index in [1.165, 1.54) is 33.5 Å². The second-order valence-corrected chi connectivity index (χ2v) is 3.56. The van der Waals surface area contributed by atoms with Gasteiger partial charge in [0.15, 0.2) is 0 Å². The van der Waals surface area contributed by atoms with Crippen LogP contribution in [0.15, 0.2) is 29.1 Å². The first-order chi connectivity index (χ1) is 8.00. The molecule has 0 N–H and O–H groups in total. The molecule has 0 aliphatic rings. The minimum Gasteiger partial charge on any atom is -0.258 e. The number of nitrogens with zero attached hydrogens (tertiary/aromatic N) is 4. The molecule has 1 aromatic heterocycles. The van der Waals surface area contributed by atoms with Gasteiger partial charge in [-0.15, -0.1) is 0 Å². The monoisotopic (exact) mass is 234 g/mol. The van der Waals surface area contributed by atoms with Crippen LogP contribution in [0.5, 0.6) is 0 Å². The summed E-state index contributed by atoms with van der Waals surface area (Å²) in [5.74, 6) is 0.534. The van der Waals surface area contributed by atoms with E-state index in [9.17, 15) is 14.9 Å². The average molecular weight is 234 g/mol. The van der Waals surface area contributed by atoms with Crippen LogP contribution in [-0.2, 0) is 7.05 Å². The SMILES string of the molecule is Cc1nn(C)c(=O)n1-c1ccc([N+](=O)[O-])cc1. The predicted octanol–water partition coefficient (Wildman–Crippen LogP) is 0.788. The summed E-state index contributed by atoms with van der Waals surface area (Å²) < 4.78 is 2.61. The topological polar surface area (TPSA) is 83.0 Å². The van der Waals surface area contributed by atoms with Crippen molar-refractivity contribution in [1.29, 1.82) is 0 Å². The van der Waals surface area contributed by atoms with Crippen LogP contribution in [0.25, 0.3) is 5.69 Å². The van der Waals surface area contributed by atoms with Gasteiger partial charge in [-0.2, -0.15) is 5.10 Å². The summed E-state index contributed by atoms with van der Waals surface area (Å²) in [5, 5.41) is 14.5. The fourth-order valence-electron chi connectivity index (χ4n) is 1.61. The Hall–Kier alpha value is -2.44. The van der Waals surface area contributed by atoms with Gasteiger partial charge in [0.2, 0.25) is 0 Å². The Morgan fingerprint density at radius 3 is 2.29 bits per heavy atom. The van der Waals surface area contributed by atoms with E-state index in [0.29, 0.717) is 11.5 Å². The first-order valence-electron chi connectivity index (χ1n) is 4.88. The normalized spacial score (nSPS) is 10.5. The van der Waals surface area contributed by atoms with Gasteiger partial charge in [0, 0.05) is 19.2 Å². The fraction of sp³-hybridized carbons (Fsp3) is 0.200. The van der Waals surface area contributed by atoms with Crippen LogP contribution in [0.1, 0.15) is 5.82 Å². The Kier molecular flexibility index (Phi) is 2.51. The van der Waals surface area contributed by atoms with Crippen molar-refractivity contribution in [1.82, 2.24) is 14.3 Å². The summed E-state index contributed by atoms with van der Waals surface area (Å²) in [5.41, 5.74) is 0.269. The van der Waals surface area contributed by atoms with Gasteiger partial charge < -0.3 is 0 Å². The van der Waals surface area contributed by atoms with Crippen molar-refractivity contribution in [2.75, 3.05) is 0 Å². The third kappa shape index (κ3) is 1.82. The number of rotatable bonds is 2. The van der Waals surface area contributed by atoms with Crippen LogP contribution in [0.3, 0.4) is 0 Å². The van der Waals surface area contributed by atoms with Gasteiger partial charge in [0.25, 0.3) is 5.69 Å². The predicted molar refractivity (Wildman–Crippen MR) is 60.2 cm³/mol. The highest BCUT2D eigenvalue weighted by molar-refractivity contribution is 5.41. The largest absolute Gasteiger partial charge is 0.350 e. The van der Waals surface area contributed by atoms with E-state index in [2.05, 4.69) is 5.10 Å². The maximum Gasteiger partial charge on any atom is 0.350 e. The number of nitro benzene ring substituents is 1. The molecule has 0 saturated carbocycles. The molecule has 0 aliphatic heterocycles. The van der Waals surface area contributed by atoms with Crippen LogP contribution in [0, 0.1) is 17.0 Å². The molecule has 0 amide bonds. The summed E-state index contributed by atoms with van der Waals surface area (Å²) in [7, 11) is 1.55. The van der Waals surface area contributed by atoms with Crippen molar-refractivity contribution in [3.8, 4) is 5.69 Å². The molecule has 0 radical (unpaired) electrons. The molecule has 88 valence electrons. The van der Waals surface area contributed by atoms with Gasteiger partial charge >= 0.3 is 5.69 Å². The van der Waals surface area contributed by atoms with Crippen LogP contribution in [-0.4, -0.2) is 19.3 Å². The molecule has 2 rings (SSSR count). The van der Waals surface area contributed by atoms with Crippen molar-refractivity contribution in [3.63, 3.8) is 0 Å². The maximum atomic E-state index is 11.7. The van der Waals surface area contributed by atoms with Gasteiger partial charge in [0.05, 0.1) is 10.6 Å². The molecule has 0 unspecified atom stereocenters. The summed E-state index contributed by atoms with van der Waals surface area (Å²) in [6, 6.07) is 5.75. The highest BCUT2D eigenvalue weighted by Crippen LogP contribution is 2.14. The highest BCUT2D eigenvalue weighted by atomic mass is 16.6. The van der Waals surface area contributed by atoms with Crippen molar-refractivity contribution < 1.29 is 4.92 Å². The summed E-state index contributed by atoms with van der Waals surface area (Å²) >= 11 is 0. The first kappa shape index (κ1) is 11.1. The minimum atomic E-state index is -0.483. The zero-order valence-corrected chi connectivity index (χ0v) is 9.32. The second-order valence-electron chi connectivity index (χ2n) is 3.56. The maximum absolute atomic E-state index is 11.7. The second kappa shape index (κ2) is 3.85. The molecule has 0 bridgehead atoms. The molecule has 1 heterocycles. The molecule has 0 spiro atoms. The minimum absolute atomic E-state index is 0.0108. The number of hydrogen-bond acceptors (Lipinski definition) is 4. The molecular formula is C10H10N4O3. The molecule has 1 aromatic carbocycles. The summed E-state index contributed by atoms with van der Waals surface area (Å²) in [4.78, 5) is 21.8. The number of aromatic nitrogens is 3. The van der Waals surface area contributed by atoms with Crippen LogP contribution < -0.4 is 5.69 Å². The van der Waals surface area contributed by atoms with Gasteiger partial charge in [-0.3, -0.25) is 10.1 Å². The van der Waals surface area contributed by atoms with Crippen LogP contribution in [0.2, 0.25) is 0 Å². The molecule has 2 aromatic rings. The van der Waals surface area contributed by atoms with Crippen LogP contribution in [0.4, 0.5) is 5.69 Å². The zero-order chi connectivity index (χ0) is 12.6. The quantitative estimate of drug-likeness (QED) is 0.568. The molecular weight excluding hydrogens is 224 g/mol. The lowest BCUT2D eigenvalue weighted by molar-refractivity contribution is -0.384. The molecule has 17 heavy (non-hydrogen) atoms. The zero-order valence-electron chi connectivity index (χ0n) is 9.32. The lowest BCUT2D eigenvalue weighted by Crippen LogP contribution is -2.21. The highest BCUT2D eigenvalue weighted by Gasteiger charge is 2.11. The number of hydrogen-bond donors (Lipinski definition) is 0. The average Bonchev–Trinajstić information content (AvgIpc) is 2.53. The number of non-ortho nitro benzene ring substituents is 1. The lowest BCUT2D eigenvalue weighted by Gasteiger charge is -2.01. The fourth-order valence-corrected chi connectivity index (χ4v) is 1.61. The first-order valence-corrected chi connectivity index (χ1v) is 4.88. The van der Waals surface area contributed by atoms with E-state index >= 15 is 0 Å². The number of nitro groups is 1. The Balaban J connectivity index is 2.54. The molecule has 7 nitrogen and oxygen atoms in total. The summed E-state index contributed by atoms with van der Waals surface area (Å²) in [6.45, 7) is 1.70. The van der Waals surface area contributed by atoms with E-state index in [4.69, 9.17) is 0 Å². The van der Waals surface area contributed by atoms with E-state index in [0.717, 1.165) is 0 Å². The Morgan fingerprint density at radius 2 is 1.88 bits per heavy atom. The smallest absolute Gasteiger partial charge is 0.258 e. The number of benzene rings is 1. The standard InChI is InChI=1S/C10H10N4O3/c1-7-11-12(2)10(15)13(7)8-3-5-9(6-4-8)14(16)17/h3-6H,1-2H3. The van der Waals surface area contributed by atoms with Gasteiger partial charge in [-0.25, -0.2) is 14.0 Å². The van der Waals surface area contributed by atoms with Crippen molar-refractivity contribution in [3.05, 3.63) is 50.7 Å². The number of aryl methyl sites for hydroxylation is 2. The van der Waals surface area contributed by atoms with Gasteiger partial charge in [0.1, 0.15) is 5.82 Å². The third-order valence-corrected chi connectivity index (χ3v) is 2.41. The molecule has 0 aliphatic carbocycles. The summed E-state index contributed by atoms with van der Waals surface area (Å²) in [6.07, 6.45) is 0.